The van der Waals surface area contributed by atoms with Crippen LogP contribution in [0.15, 0.2) is 54.6 Å². The zero-order chi connectivity index (χ0) is 22.0. The lowest BCUT2D eigenvalue weighted by molar-refractivity contribution is -0.133. The molecule has 1 fully saturated rings. The molecule has 1 aromatic heterocycles. The third-order valence-electron chi connectivity index (χ3n) is 5.69. The number of para-hydroxylation sites is 1. The van der Waals surface area contributed by atoms with Gasteiger partial charge in [-0.3, -0.25) is 9.59 Å². The molecule has 0 saturated carbocycles. The van der Waals surface area contributed by atoms with E-state index in [9.17, 15) is 14.0 Å². The second-order valence-electron chi connectivity index (χ2n) is 8.18. The molecule has 0 atom stereocenters. The van der Waals surface area contributed by atoms with Gasteiger partial charge in [0.2, 0.25) is 5.91 Å². The number of likely N-dealkylation sites (N-methyl/N-ethyl adjacent to an activating group) is 1. The van der Waals surface area contributed by atoms with E-state index in [0.717, 1.165) is 10.9 Å². The number of halogens is 1. The van der Waals surface area contributed by atoms with Gasteiger partial charge >= 0.3 is 0 Å². The third kappa shape index (κ3) is 4.46. The van der Waals surface area contributed by atoms with Crippen molar-refractivity contribution in [1.29, 1.82) is 0 Å². The number of rotatable bonds is 5. The van der Waals surface area contributed by atoms with Crippen LogP contribution in [0.25, 0.3) is 10.9 Å². The standard InChI is InChI=1S/C24H27FN4O2/c1-26(2)17-23(30)27-11-13-28(14-12-27)24(31)22-15-18-7-4-6-10-21(18)29(22)16-19-8-3-5-9-20(19)25/h3-10,15H,11-14,16-17H2,1-2H3. The lowest BCUT2D eigenvalue weighted by Crippen LogP contribution is -2.52. The summed E-state index contributed by atoms with van der Waals surface area (Å²) in [4.78, 5) is 31.2. The quantitative estimate of drug-likeness (QED) is 0.635. The summed E-state index contributed by atoms with van der Waals surface area (Å²) in [6.07, 6.45) is 0. The van der Waals surface area contributed by atoms with E-state index >= 15 is 0 Å². The van der Waals surface area contributed by atoms with Crippen LogP contribution in [0.1, 0.15) is 16.1 Å². The summed E-state index contributed by atoms with van der Waals surface area (Å²) >= 11 is 0. The Morgan fingerprint density at radius 3 is 2.29 bits per heavy atom. The highest BCUT2D eigenvalue weighted by atomic mass is 19.1. The predicted octanol–water partition coefficient (Wildman–Crippen LogP) is 2.67. The van der Waals surface area contributed by atoms with Crippen LogP contribution in [-0.4, -0.2) is 77.9 Å². The highest BCUT2D eigenvalue weighted by Gasteiger charge is 2.27. The fourth-order valence-electron chi connectivity index (χ4n) is 4.05. The highest BCUT2D eigenvalue weighted by Crippen LogP contribution is 2.24. The Hall–Kier alpha value is -3.19. The van der Waals surface area contributed by atoms with Gasteiger partial charge in [0.1, 0.15) is 11.5 Å². The lowest BCUT2D eigenvalue weighted by atomic mass is 10.2. The van der Waals surface area contributed by atoms with Crippen molar-refractivity contribution < 1.29 is 14.0 Å². The number of fused-ring (bicyclic) bond motifs is 1. The molecule has 0 aliphatic carbocycles. The first-order valence-electron chi connectivity index (χ1n) is 10.5. The van der Waals surface area contributed by atoms with E-state index in [4.69, 9.17) is 0 Å². The van der Waals surface area contributed by atoms with E-state index in [1.807, 2.05) is 53.9 Å². The monoisotopic (exact) mass is 422 g/mol. The molecule has 0 radical (unpaired) electrons. The molecular formula is C24H27FN4O2. The fourth-order valence-corrected chi connectivity index (χ4v) is 4.05. The molecule has 3 aromatic rings. The molecule has 2 amide bonds. The molecule has 1 aliphatic rings. The highest BCUT2D eigenvalue weighted by molar-refractivity contribution is 5.99. The fraction of sp³-hybridized carbons (Fsp3) is 0.333. The van der Waals surface area contributed by atoms with Gasteiger partial charge in [0.15, 0.2) is 0 Å². The Morgan fingerprint density at radius 2 is 1.58 bits per heavy atom. The van der Waals surface area contributed by atoms with Gasteiger partial charge in [-0.2, -0.15) is 0 Å². The van der Waals surface area contributed by atoms with Crippen molar-refractivity contribution in [3.05, 3.63) is 71.7 Å². The minimum atomic E-state index is -0.285. The van der Waals surface area contributed by atoms with E-state index < -0.39 is 0 Å². The van der Waals surface area contributed by atoms with Crippen LogP contribution in [0, 0.1) is 5.82 Å². The molecule has 2 aromatic carbocycles. The molecule has 162 valence electrons. The zero-order valence-corrected chi connectivity index (χ0v) is 17.9. The summed E-state index contributed by atoms with van der Waals surface area (Å²) in [7, 11) is 3.73. The van der Waals surface area contributed by atoms with Crippen LogP contribution in [0.2, 0.25) is 0 Å². The largest absolute Gasteiger partial charge is 0.338 e. The van der Waals surface area contributed by atoms with Gasteiger partial charge in [-0.15, -0.1) is 0 Å². The van der Waals surface area contributed by atoms with Crippen molar-refractivity contribution in [2.45, 2.75) is 6.54 Å². The topological polar surface area (TPSA) is 48.8 Å². The van der Waals surface area contributed by atoms with Crippen molar-refractivity contribution in [3.8, 4) is 0 Å². The van der Waals surface area contributed by atoms with Gasteiger partial charge in [-0.05, 0) is 32.3 Å². The van der Waals surface area contributed by atoms with E-state index in [0.29, 0.717) is 44.0 Å². The molecule has 0 bridgehead atoms. The molecule has 1 aliphatic heterocycles. The van der Waals surface area contributed by atoms with E-state index in [2.05, 4.69) is 0 Å². The first kappa shape index (κ1) is 21.1. The molecule has 31 heavy (non-hydrogen) atoms. The summed E-state index contributed by atoms with van der Waals surface area (Å²) < 4.78 is 16.2. The number of carbonyl (C=O) groups excluding carboxylic acids is 2. The second-order valence-corrected chi connectivity index (χ2v) is 8.18. The van der Waals surface area contributed by atoms with Gasteiger partial charge in [-0.1, -0.05) is 36.4 Å². The van der Waals surface area contributed by atoms with Gasteiger partial charge < -0.3 is 19.3 Å². The number of hydrogen-bond donors (Lipinski definition) is 0. The van der Waals surface area contributed by atoms with E-state index in [-0.39, 0.29) is 24.2 Å². The summed E-state index contributed by atoms with van der Waals surface area (Å²) in [5.74, 6) is -0.301. The van der Waals surface area contributed by atoms with E-state index in [1.165, 1.54) is 6.07 Å². The molecule has 7 heteroatoms. The molecule has 6 nitrogen and oxygen atoms in total. The van der Waals surface area contributed by atoms with Crippen LogP contribution < -0.4 is 0 Å². The first-order chi connectivity index (χ1) is 14.9. The maximum Gasteiger partial charge on any atom is 0.270 e. The molecule has 0 spiro atoms. The summed E-state index contributed by atoms with van der Waals surface area (Å²) in [5.41, 5.74) is 1.98. The van der Waals surface area contributed by atoms with E-state index in [1.54, 1.807) is 28.0 Å². The molecule has 2 heterocycles. The van der Waals surface area contributed by atoms with Gasteiger partial charge in [-0.25, -0.2) is 4.39 Å². The Kier molecular flexibility index (Phi) is 6.04. The van der Waals surface area contributed by atoms with Gasteiger partial charge in [0.05, 0.1) is 13.1 Å². The van der Waals surface area contributed by atoms with Gasteiger partial charge in [0, 0.05) is 42.6 Å². The Labute approximate surface area is 181 Å². The zero-order valence-electron chi connectivity index (χ0n) is 17.9. The second kappa shape index (κ2) is 8.89. The summed E-state index contributed by atoms with van der Waals surface area (Å²) in [6, 6.07) is 16.3. The predicted molar refractivity (Wildman–Crippen MR) is 118 cm³/mol. The number of piperazine rings is 1. The van der Waals surface area contributed by atoms with Crippen molar-refractivity contribution in [1.82, 2.24) is 19.3 Å². The average molecular weight is 423 g/mol. The molecule has 4 rings (SSSR count). The van der Waals surface area contributed by atoms with Crippen LogP contribution >= 0.6 is 0 Å². The van der Waals surface area contributed by atoms with Crippen LogP contribution in [-0.2, 0) is 11.3 Å². The normalized spacial score (nSPS) is 14.5. The molecule has 0 N–H and O–H groups in total. The maximum atomic E-state index is 14.3. The third-order valence-corrected chi connectivity index (χ3v) is 5.69. The Morgan fingerprint density at radius 1 is 0.935 bits per heavy atom. The minimum Gasteiger partial charge on any atom is -0.338 e. The number of amides is 2. The molecule has 0 unspecified atom stereocenters. The Balaban J connectivity index is 1.57. The van der Waals surface area contributed by atoms with Crippen LogP contribution in [0.3, 0.4) is 0 Å². The summed E-state index contributed by atoms with van der Waals surface area (Å²) in [5, 5.41) is 0.946. The van der Waals surface area contributed by atoms with Crippen LogP contribution in [0.5, 0.6) is 0 Å². The lowest BCUT2D eigenvalue weighted by Gasteiger charge is -2.35. The van der Waals surface area contributed by atoms with Crippen molar-refractivity contribution in [3.63, 3.8) is 0 Å². The number of nitrogens with zero attached hydrogens (tertiary/aromatic N) is 4. The minimum absolute atomic E-state index is 0.0748. The number of benzene rings is 2. The van der Waals surface area contributed by atoms with Gasteiger partial charge in [0.25, 0.3) is 5.91 Å². The van der Waals surface area contributed by atoms with Crippen LogP contribution in [0.4, 0.5) is 4.39 Å². The average Bonchev–Trinajstić information content (AvgIpc) is 3.13. The van der Waals surface area contributed by atoms with Crippen molar-refractivity contribution in [2.24, 2.45) is 0 Å². The Bertz CT molecular complexity index is 1100. The number of hydrogen-bond acceptors (Lipinski definition) is 3. The van der Waals surface area contributed by atoms with Crippen molar-refractivity contribution >= 4 is 22.7 Å². The summed E-state index contributed by atoms with van der Waals surface area (Å²) in [6.45, 7) is 2.66. The SMILES string of the molecule is CN(C)CC(=O)N1CCN(C(=O)c2cc3ccccc3n2Cc2ccccc2F)CC1. The molecular weight excluding hydrogens is 395 g/mol. The number of aromatic nitrogens is 1. The number of carbonyl (C=O) groups is 2. The first-order valence-corrected chi connectivity index (χ1v) is 10.5. The van der Waals surface area contributed by atoms with Crippen molar-refractivity contribution in [2.75, 3.05) is 46.8 Å². The molecule has 1 saturated heterocycles. The smallest absolute Gasteiger partial charge is 0.270 e. The maximum absolute atomic E-state index is 14.3.